The van der Waals surface area contributed by atoms with Crippen LogP contribution in [0.1, 0.15) is 125 Å². The van der Waals surface area contributed by atoms with Gasteiger partial charge in [0.15, 0.2) is 0 Å². The lowest BCUT2D eigenvalue weighted by atomic mass is 9.43. The summed E-state index contributed by atoms with van der Waals surface area (Å²) in [5.41, 5.74) is 1.98. The Morgan fingerprint density at radius 1 is 0.778 bits per heavy atom. The third kappa shape index (κ3) is 3.24. The normalized spacial score (nSPS) is 49.6. The lowest BCUT2D eigenvalue weighted by Gasteiger charge is -2.61. The lowest BCUT2D eigenvalue weighted by Crippen LogP contribution is -2.54. The maximum absolute atomic E-state index is 2.75. The van der Waals surface area contributed by atoms with Gasteiger partial charge in [0, 0.05) is 0 Å². The first kappa shape index (κ1) is 20.3. The summed E-state index contributed by atoms with van der Waals surface area (Å²) >= 11 is 0. The van der Waals surface area contributed by atoms with Crippen LogP contribution in [0.15, 0.2) is 0 Å². The summed E-state index contributed by atoms with van der Waals surface area (Å²) in [4.78, 5) is 0. The summed E-state index contributed by atoms with van der Waals surface area (Å²) in [7, 11) is 0. The van der Waals surface area contributed by atoms with E-state index >= 15 is 0 Å². The first-order valence-corrected chi connectivity index (χ1v) is 12.8. The van der Waals surface area contributed by atoms with Crippen LogP contribution in [0.25, 0.3) is 0 Å². The van der Waals surface area contributed by atoms with E-state index in [1.165, 1.54) is 44.9 Å². The Labute approximate surface area is 170 Å². The largest absolute Gasteiger partial charge is 0.0628 e. The van der Waals surface area contributed by atoms with Gasteiger partial charge in [-0.15, -0.1) is 0 Å². The molecule has 0 spiro atoms. The molecule has 4 aliphatic carbocycles. The fourth-order valence-corrected chi connectivity index (χ4v) is 9.14. The molecule has 0 aliphatic heterocycles. The van der Waals surface area contributed by atoms with Crippen molar-refractivity contribution in [3.63, 3.8) is 0 Å². The predicted molar refractivity (Wildman–Crippen MR) is 118 cm³/mol. The highest BCUT2D eigenvalue weighted by Gasteiger charge is 2.62. The molecule has 0 aromatic carbocycles. The number of unbranched alkanes of at least 4 members (excludes halogenated alkanes) is 1. The molecule has 7 atom stereocenters. The van der Waals surface area contributed by atoms with Gasteiger partial charge in [-0.05, 0) is 104 Å². The third-order valence-electron chi connectivity index (χ3n) is 11.1. The van der Waals surface area contributed by atoms with Crippen LogP contribution < -0.4 is 0 Å². The Kier molecular flexibility index (Phi) is 5.53. The molecule has 4 aliphatic rings. The van der Waals surface area contributed by atoms with Gasteiger partial charge >= 0.3 is 0 Å². The second kappa shape index (κ2) is 7.36. The van der Waals surface area contributed by atoms with Gasteiger partial charge in [-0.3, -0.25) is 0 Å². The standard InChI is InChI=1S/C27H48/c1-20(2)10-6-8-16-25(3)18-14-24-22-13-12-21-11-7-9-17-26(21,4)23(22)15-19-27(24,25)5/h20-24H,6-19H2,1-5H3. The summed E-state index contributed by atoms with van der Waals surface area (Å²) in [5, 5.41) is 0. The summed E-state index contributed by atoms with van der Waals surface area (Å²) in [6.45, 7) is 13.0. The van der Waals surface area contributed by atoms with Gasteiger partial charge in [0.2, 0.25) is 0 Å². The van der Waals surface area contributed by atoms with E-state index in [9.17, 15) is 0 Å². The molecule has 0 heterocycles. The van der Waals surface area contributed by atoms with E-state index in [1.54, 1.807) is 44.9 Å². The Hall–Kier alpha value is 0. The van der Waals surface area contributed by atoms with E-state index in [4.69, 9.17) is 0 Å². The number of hydrogen-bond donors (Lipinski definition) is 0. The van der Waals surface area contributed by atoms with E-state index in [2.05, 4.69) is 34.6 Å². The first-order chi connectivity index (χ1) is 12.8. The number of rotatable bonds is 5. The zero-order chi connectivity index (χ0) is 19.3. The highest BCUT2D eigenvalue weighted by atomic mass is 14.7. The Morgan fingerprint density at radius 2 is 1.56 bits per heavy atom. The highest BCUT2D eigenvalue weighted by molar-refractivity contribution is 5.11. The van der Waals surface area contributed by atoms with Crippen molar-refractivity contribution < 1.29 is 0 Å². The van der Waals surface area contributed by atoms with Crippen LogP contribution in [0.5, 0.6) is 0 Å². The molecule has 7 unspecified atom stereocenters. The minimum absolute atomic E-state index is 0.629. The fraction of sp³-hybridized carbons (Fsp3) is 1.00. The van der Waals surface area contributed by atoms with Crippen molar-refractivity contribution in [3.05, 3.63) is 0 Å². The van der Waals surface area contributed by atoms with Crippen LogP contribution in [-0.4, -0.2) is 0 Å². The van der Waals surface area contributed by atoms with Crippen molar-refractivity contribution in [2.24, 2.45) is 45.8 Å². The van der Waals surface area contributed by atoms with Crippen molar-refractivity contribution in [2.45, 2.75) is 125 Å². The van der Waals surface area contributed by atoms with E-state index < -0.39 is 0 Å². The van der Waals surface area contributed by atoms with Crippen molar-refractivity contribution >= 4 is 0 Å². The van der Waals surface area contributed by atoms with Gasteiger partial charge < -0.3 is 0 Å². The van der Waals surface area contributed by atoms with Gasteiger partial charge in [0.1, 0.15) is 0 Å². The lowest BCUT2D eigenvalue weighted by molar-refractivity contribution is -0.124. The molecule has 156 valence electrons. The molecule has 0 nitrogen and oxygen atoms in total. The molecule has 0 aromatic heterocycles. The molecular weight excluding hydrogens is 324 g/mol. The quantitative estimate of drug-likeness (QED) is 0.423. The molecule has 4 fully saturated rings. The van der Waals surface area contributed by atoms with Crippen molar-refractivity contribution in [1.82, 2.24) is 0 Å². The number of hydrogen-bond acceptors (Lipinski definition) is 0. The molecule has 0 N–H and O–H groups in total. The van der Waals surface area contributed by atoms with Gasteiger partial charge in [-0.1, -0.05) is 66.7 Å². The maximum atomic E-state index is 2.75. The van der Waals surface area contributed by atoms with Crippen molar-refractivity contribution in [1.29, 1.82) is 0 Å². The van der Waals surface area contributed by atoms with E-state index in [1.807, 2.05) is 0 Å². The minimum atomic E-state index is 0.629. The topological polar surface area (TPSA) is 0 Å². The van der Waals surface area contributed by atoms with Crippen molar-refractivity contribution in [2.75, 3.05) is 0 Å². The van der Waals surface area contributed by atoms with Crippen molar-refractivity contribution in [3.8, 4) is 0 Å². The zero-order valence-corrected chi connectivity index (χ0v) is 19.3. The Bertz CT molecular complexity index is 520. The molecule has 0 amide bonds. The molecule has 0 radical (unpaired) electrons. The SMILES string of the molecule is CC(C)CCCCC1(C)CCC2C3CCC4CCCCC4(C)C3CCC21C. The van der Waals surface area contributed by atoms with Crippen LogP contribution in [0.3, 0.4) is 0 Å². The Balaban J connectivity index is 1.48. The second-order valence-corrected chi connectivity index (χ2v) is 12.6. The van der Waals surface area contributed by atoms with Gasteiger partial charge in [0.25, 0.3) is 0 Å². The van der Waals surface area contributed by atoms with Crippen LogP contribution in [0, 0.1) is 45.8 Å². The molecule has 4 rings (SSSR count). The summed E-state index contributed by atoms with van der Waals surface area (Å²) < 4.78 is 0. The molecule has 0 bridgehead atoms. The Morgan fingerprint density at radius 3 is 2.33 bits per heavy atom. The van der Waals surface area contributed by atoms with Gasteiger partial charge in [0.05, 0.1) is 0 Å². The maximum Gasteiger partial charge on any atom is -0.0241 e. The minimum Gasteiger partial charge on any atom is -0.0628 e. The molecular formula is C27H48. The van der Waals surface area contributed by atoms with E-state index in [0.717, 1.165) is 29.6 Å². The molecule has 0 saturated heterocycles. The highest BCUT2D eigenvalue weighted by Crippen LogP contribution is 2.71. The second-order valence-electron chi connectivity index (χ2n) is 12.6. The molecule has 27 heavy (non-hydrogen) atoms. The van der Waals surface area contributed by atoms with E-state index in [-0.39, 0.29) is 0 Å². The van der Waals surface area contributed by atoms with Crippen LogP contribution in [0.2, 0.25) is 0 Å². The van der Waals surface area contributed by atoms with Gasteiger partial charge in [-0.2, -0.15) is 0 Å². The average Bonchev–Trinajstić information content (AvgIpc) is 2.90. The average molecular weight is 373 g/mol. The van der Waals surface area contributed by atoms with Gasteiger partial charge in [-0.25, -0.2) is 0 Å². The zero-order valence-electron chi connectivity index (χ0n) is 19.3. The molecule has 4 saturated carbocycles. The monoisotopic (exact) mass is 372 g/mol. The molecule has 0 heteroatoms. The van der Waals surface area contributed by atoms with Crippen LogP contribution in [0.4, 0.5) is 0 Å². The predicted octanol–water partition coefficient (Wildman–Crippen LogP) is 8.64. The molecule has 0 aromatic rings. The number of fused-ring (bicyclic) bond motifs is 5. The fourth-order valence-electron chi connectivity index (χ4n) is 9.14. The summed E-state index contributed by atoms with van der Waals surface area (Å²) in [6.07, 6.45) is 21.3. The van der Waals surface area contributed by atoms with Crippen LogP contribution in [-0.2, 0) is 0 Å². The van der Waals surface area contributed by atoms with E-state index in [0.29, 0.717) is 16.2 Å². The van der Waals surface area contributed by atoms with Crippen LogP contribution >= 0.6 is 0 Å². The summed E-state index contributed by atoms with van der Waals surface area (Å²) in [5.74, 6) is 5.14. The first-order valence-electron chi connectivity index (χ1n) is 12.8. The summed E-state index contributed by atoms with van der Waals surface area (Å²) in [6, 6.07) is 0. The third-order valence-corrected chi connectivity index (χ3v) is 11.1. The smallest absolute Gasteiger partial charge is 0.0241 e.